The Labute approximate surface area is 106 Å². The van der Waals surface area contributed by atoms with Crippen LogP contribution in [0.15, 0.2) is 18.5 Å². The zero-order chi connectivity index (χ0) is 13.3. The van der Waals surface area contributed by atoms with Gasteiger partial charge in [0, 0.05) is 25.5 Å². The molecule has 0 saturated carbocycles. The molecule has 2 heterocycles. The number of aryl methyl sites for hydroxylation is 1. The number of pyridine rings is 1. The van der Waals surface area contributed by atoms with E-state index in [0.29, 0.717) is 18.7 Å². The molecule has 0 radical (unpaired) electrons. The molecule has 18 heavy (non-hydrogen) atoms. The molecule has 5 nitrogen and oxygen atoms in total. The minimum absolute atomic E-state index is 0.122. The van der Waals surface area contributed by atoms with Crippen LogP contribution < -0.4 is 5.32 Å². The van der Waals surface area contributed by atoms with Crippen molar-refractivity contribution in [2.45, 2.75) is 26.3 Å². The first kappa shape index (κ1) is 12.5. The van der Waals surface area contributed by atoms with Gasteiger partial charge in [-0.1, -0.05) is 0 Å². The van der Waals surface area contributed by atoms with E-state index in [1.54, 1.807) is 31.0 Å². The summed E-state index contributed by atoms with van der Waals surface area (Å²) >= 11 is 0. The van der Waals surface area contributed by atoms with Gasteiger partial charge in [0.25, 0.3) is 5.91 Å². The monoisotopic (exact) mass is 247 g/mol. The van der Waals surface area contributed by atoms with E-state index < -0.39 is 5.54 Å². The summed E-state index contributed by atoms with van der Waals surface area (Å²) in [5.74, 6) is -0.270. The second kappa shape index (κ2) is 4.40. The first-order valence-corrected chi connectivity index (χ1v) is 5.95. The van der Waals surface area contributed by atoms with E-state index >= 15 is 0 Å². The minimum atomic E-state index is -0.820. The van der Waals surface area contributed by atoms with Crippen LogP contribution in [0.4, 0.5) is 0 Å². The van der Waals surface area contributed by atoms with E-state index in [2.05, 4.69) is 10.3 Å². The minimum Gasteiger partial charge on any atom is -0.352 e. The van der Waals surface area contributed by atoms with Gasteiger partial charge < -0.3 is 10.2 Å². The second-order valence-corrected chi connectivity index (χ2v) is 5.02. The molecular formula is C13H17N3O2. The highest BCUT2D eigenvalue weighted by Crippen LogP contribution is 2.20. The van der Waals surface area contributed by atoms with Gasteiger partial charge in [0.1, 0.15) is 5.54 Å². The Morgan fingerprint density at radius 3 is 2.83 bits per heavy atom. The molecule has 0 aromatic carbocycles. The molecule has 2 rings (SSSR count). The van der Waals surface area contributed by atoms with Crippen LogP contribution in [-0.2, 0) is 4.79 Å². The summed E-state index contributed by atoms with van der Waals surface area (Å²) < 4.78 is 0. The molecule has 0 bridgehead atoms. The normalized spacial score (nSPS) is 18.4. The van der Waals surface area contributed by atoms with Crippen molar-refractivity contribution < 1.29 is 9.59 Å². The SMILES string of the molecule is Cc1cncc(C(=O)N2CCNC(=O)C2(C)C)c1. The van der Waals surface area contributed by atoms with E-state index in [1.807, 2.05) is 6.92 Å². The fourth-order valence-electron chi connectivity index (χ4n) is 2.08. The van der Waals surface area contributed by atoms with Gasteiger partial charge in [0.15, 0.2) is 0 Å². The summed E-state index contributed by atoms with van der Waals surface area (Å²) in [6.45, 7) is 6.40. The van der Waals surface area contributed by atoms with Gasteiger partial charge in [-0.25, -0.2) is 0 Å². The average Bonchev–Trinajstić information content (AvgIpc) is 2.32. The van der Waals surface area contributed by atoms with Crippen molar-refractivity contribution in [2.75, 3.05) is 13.1 Å². The maximum absolute atomic E-state index is 12.4. The van der Waals surface area contributed by atoms with Crippen LogP contribution in [0.25, 0.3) is 0 Å². The Balaban J connectivity index is 2.31. The van der Waals surface area contributed by atoms with E-state index in [0.717, 1.165) is 5.56 Å². The number of carbonyl (C=O) groups excluding carboxylic acids is 2. The lowest BCUT2D eigenvalue weighted by molar-refractivity contribution is -0.133. The lowest BCUT2D eigenvalue weighted by atomic mass is 9.97. The highest BCUT2D eigenvalue weighted by atomic mass is 16.2. The molecule has 1 aromatic rings. The molecule has 5 heteroatoms. The Hall–Kier alpha value is -1.91. The first-order chi connectivity index (χ1) is 8.43. The molecule has 1 aliphatic rings. The molecule has 0 spiro atoms. The fraction of sp³-hybridized carbons (Fsp3) is 0.462. The first-order valence-electron chi connectivity index (χ1n) is 5.95. The van der Waals surface area contributed by atoms with Crippen LogP contribution in [0.1, 0.15) is 29.8 Å². The van der Waals surface area contributed by atoms with Gasteiger partial charge in [-0.2, -0.15) is 0 Å². The molecule has 0 atom stereocenters. The number of aromatic nitrogens is 1. The van der Waals surface area contributed by atoms with Crippen LogP contribution in [-0.4, -0.2) is 40.3 Å². The molecule has 0 unspecified atom stereocenters. The predicted octanol–water partition coefficient (Wildman–Crippen LogP) is 0.741. The lowest BCUT2D eigenvalue weighted by Crippen LogP contribution is -2.63. The maximum atomic E-state index is 12.4. The Morgan fingerprint density at radius 1 is 1.44 bits per heavy atom. The van der Waals surface area contributed by atoms with Gasteiger partial charge in [0.05, 0.1) is 5.56 Å². The number of piperazine rings is 1. The van der Waals surface area contributed by atoms with E-state index in [4.69, 9.17) is 0 Å². The zero-order valence-electron chi connectivity index (χ0n) is 10.9. The average molecular weight is 247 g/mol. The van der Waals surface area contributed by atoms with Crippen molar-refractivity contribution >= 4 is 11.8 Å². The van der Waals surface area contributed by atoms with Crippen LogP contribution in [0.3, 0.4) is 0 Å². The number of rotatable bonds is 1. The molecule has 0 aliphatic carbocycles. The number of nitrogens with one attached hydrogen (secondary N) is 1. The van der Waals surface area contributed by atoms with Crippen molar-refractivity contribution in [1.82, 2.24) is 15.2 Å². The largest absolute Gasteiger partial charge is 0.352 e. The van der Waals surface area contributed by atoms with Gasteiger partial charge in [0.2, 0.25) is 5.91 Å². The Morgan fingerprint density at radius 2 is 2.17 bits per heavy atom. The lowest BCUT2D eigenvalue weighted by Gasteiger charge is -2.41. The standard InChI is InChI=1S/C13H17N3O2/c1-9-6-10(8-14-7-9)11(17)16-5-4-15-12(18)13(16,2)3/h6-8H,4-5H2,1-3H3,(H,15,18). The summed E-state index contributed by atoms with van der Waals surface area (Å²) in [4.78, 5) is 29.8. The summed E-state index contributed by atoms with van der Waals surface area (Å²) in [5.41, 5.74) is 0.636. The van der Waals surface area contributed by atoms with Crippen molar-refractivity contribution in [3.63, 3.8) is 0 Å². The molecule has 1 aliphatic heterocycles. The van der Waals surface area contributed by atoms with Crippen LogP contribution in [0.2, 0.25) is 0 Å². The van der Waals surface area contributed by atoms with Crippen LogP contribution in [0, 0.1) is 6.92 Å². The summed E-state index contributed by atoms with van der Waals surface area (Å²) in [6, 6.07) is 1.79. The number of hydrogen-bond acceptors (Lipinski definition) is 3. The molecule has 1 aromatic heterocycles. The van der Waals surface area contributed by atoms with Gasteiger partial charge in [-0.15, -0.1) is 0 Å². The third kappa shape index (κ3) is 2.08. The quantitative estimate of drug-likeness (QED) is 0.796. The Bertz CT molecular complexity index is 497. The molecule has 1 saturated heterocycles. The van der Waals surface area contributed by atoms with E-state index in [-0.39, 0.29) is 11.8 Å². The van der Waals surface area contributed by atoms with Gasteiger partial charge in [-0.05, 0) is 32.4 Å². The Kier molecular flexibility index (Phi) is 3.07. The number of amides is 2. The second-order valence-electron chi connectivity index (χ2n) is 5.02. The number of nitrogens with zero attached hydrogens (tertiary/aromatic N) is 2. The maximum Gasteiger partial charge on any atom is 0.256 e. The van der Waals surface area contributed by atoms with Crippen molar-refractivity contribution in [3.05, 3.63) is 29.6 Å². The van der Waals surface area contributed by atoms with Crippen molar-refractivity contribution in [2.24, 2.45) is 0 Å². The third-order valence-electron chi connectivity index (χ3n) is 3.22. The van der Waals surface area contributed by atoms with Crippen LogP contribution in [0.5, 0.6) is 0 Å². The van der Waals surface area contributed by atoms with Crippen molar-refractivity contribution in [3.8, 4) is 0 Å². The van der Waals surface area contributed by atoms with Crippen LogP contribution >= 0.6 is 0 Å². The smallest absolute Gasteiger partial charge is 0.256 e. The number of hydrogen-bond donors (Lipinski definition) is 1. The summed E-state index contributed by atoms with van der Waals surface area (Å²) in [6.07, 6.45) is 3.24. The zero-order valence-corrected chi connectivity index (χ0v) is 10.9. The summed E-state index contributed by atoms with van der Waals surface area (Å²) in [5, 5.41) is 2.77. The molecule has 1 fully saturated rings. The third-order valence-corrected chi connectivity index (χ3v) is 3.22. The molecule has 96 valence electrons. The van der Waals surface area contributed by atoms with Crippen molar-refractivity contribution in [1.29, 1.82) is 0 Å². The number of carbonyl (C=O) groups is 2. The predicted molar refractivity (Wildman–Crippen MR) is 67.1 cm³/mol. The van der Waals surface area contributed by atoms with Gasteiger partial charge >= 0.3 is 0 Å². The highest BCUT2D eigenvalue weighted by molar-refractivity contribution is 5.99. The fourth-order valence-corrected chi connectivity index (χ4v) is 2.08. The summed E-state index contributed by atoms with van der Waals surface area (Å²) in [7, 11) is 0. The molecule has 1 N–H and O–H groups in total. The topological polar surface area (TPSA) is 62.3 Å². The molecular weight excluding hydrogens is 230 g/mol. The highest BCUT2D eigenvalue weighted by Gasteiger charge is 2.40. The van der Waals surface area contributed by atoms with E-state index in [1.165, 1.54) is 6.20 Å². The van der Waals surface area contributed by atoms with E-state index in [9.17, 15) is 9.59 Å². The molecule has 2 amide bonds. The van der Waals surface area contributed by atoms with Gasteiger partial charge in [-0.3, -0.25) is 14.6 Å².